The molecule has 1 unspecified atom stereocenters. The Kier molecular flexibility index (Phi) is 4.24. The third-order valence-electron chi connectivity index (χ3n) is 3.68. The van der Waals surface area contributed by atoms with Gasteiger partial charge in [0.2, 0.25) is 5.91 Å². The summed E-state index contributed by atoms with van der Waals surface area (Å²) in [6.07, 6.45) is 4.60. The van der Waals surface area contributed by atoms with E-state index in [1.165, 1.54) is 13.0 Å². The number of amides is 1. The lowest BCUT2D eigenvalue weighted by atomic mass is 10.0. The molecule has 0 radical (unpaired) electrons. The largest absolute Gasteiger partial charge is 0.304 e. The normalized spacial score (nSPS) is 30.0. The van der Waals surface area contributed by atoms with Gasteiger partial charge in [0, 0.05) is 12.5 Å². The van der Waals surface area contributed by atoms with Crippen LogP contribution in [0.25, 0.3) is 0 Å². The highest BCUT2D eigenvalue weighted by Gasteiger charge is 2.57. The maximum Gasteiger partial charge on any atom is 0.268 e. The van der Waals surface area contributed by atoms with E-state index in [4.69, 9.17) is 0 Å². The number of carbonyl (C=O) groups excluding carboxylic acids is 1. The number of rotatable bonds is 3. The van der Waals surface area contributed by atoms with E-state index in [0.29, 0.717) is 30.7 Å². The average Bonchev–Trinajstić information content (AvgIpc) is 2.65. The second kappa shape index (κ2) is 5.51. The summed E-state index contributed by atoms with van der Waals surface area (Å²) >= 11 is 0.692. The maximum atomic E-state index is 13.7. The highest BCUT2D eigenvalue weighted by molar-refractivity contribution is 8.16. The summed E-state index contributed by atoms with van der Waals surface area (Å²) in [5.41, 5.74) is 0.431. The molecule has 3 nitrogen and oxygen atoms in total. The first-order valence-electron chi connectivity index (χ1n) is 6.67. The third kappa shape index (κ3) is 3.02. The number of carbonyl (C=O) groups is 1. The van der Waals surface area contributed by atoms with Crippen LogP contribution >= 0.6 is 11.8 Å². The van der Waals surface area contributed by atoms with Gasteiger partial charge in [0.1, 0.15) is 5.83 Å². The van der Waals surface area contributed by atoms with Crippen molar-refractivity contribution in [1.82, 2.24) is 5.32 Å². The van der Waals surface area contributed by atoms with Crippen molar-refractivity contribution in [1.29, 1.82) is 0 Å². The predicted molar refractivity (Wildman–Crippen MR) is 78.2 cm³/mol. The van der Waals surface area contributed by atoms with Crippen molar-refractivity contribution in [3.63, 3.8) is 0 Å². The van der Waals surface area contributed by atoms with Gasteiger partial charge in [0.15, 0.2) is 9.91 Å². The molecule has 2 atom stereocenters. The average molecular weight is 318 g/mol. The van der Waals surface area contributed by atoms with Gasteiger partial charge in [-0.3, -0.25) is 9.79 Å². The first kappa shape index (κ1) is 16.1. The molecule has 116 valence electrons. The van der Waals surface area contributed by atoms with Crippen molar-refractivity contribution < 1.29 is 18.0 Å². The van der Waals surface area contributed by atoms with E-state index in [2.05, 4.69) is 10.3 Å². The number of nitrogens with zero attached hydrogens (tertiary/aromatic N) is 1. The van der Waals surface area contributed by atoms with Gasteiger partial charge in [-0.05, 0) is 32.8 Å². The molecule has 1 saturated heterocycles. The van der Waals surface area contributed by atoms with Crippen LogP contribution in [0, 0.1) is 0 Å². The minimum absolute atomic E-state index is 0.107. The van der Waals surface area contributed by atoms with E-state index in [1.807, 2.05) is 0 Å². The predicted octanol–water partition coefficient (Wildman–Crippen LogP) is 3.58. The van der Waals surface area contributed by atoms with E-state index in [0.717, 1.165) is 6.42 Å². The molecule has 1 N–H and O–H groups in total. The van der Waals surface area contributed by atoms with Crippen LogP contribution in [0.5, 0.6) is 0 Å². The summed E-state index contributed by atoms with van der Waals surface area (Å²) in [6.45, 7) is 3.56. The molecule has 21 heavy (non-hydrogen) atoms. The number of allylic oxidation sites excluding steroid dienone is 2. The van der Waals surface area contributed by atoms with E-state index < -0.39 is 22.6 Å². The molecule has 0 spiro atoms. The Balaban J connectivity index is 2.19. The van der Waals surface area contributed by atoms with Gasteiger partial charge in [-0.2, -0.15) is 0 Å². The van der Waals surface area contributed by atoms with Gasteiger partial charge in [-0.15, -0.1) is 0 Å². The quantitative estimate of drug-likeness (QED) is 0.864. The Morgan fingerprint density at radius 1 is 1.43 bits per heavy atom. The zero-order chi connectivity index (χ0) is 15.8. The smallest absolute Gasteiger partial charge is 0.268 e. The molecule has 2 rings (SSSR count). The first-order valence-corrected chi connectivity index (χ1v) is 7.49. The molecular formula is C14H17F3N2OS. The molecule has 0 aromatic rings. The van der Waals surface area contributed by atoms with Crippen LogP contribution in [0.15, 0.2) is 28.5 Å². The second-order valence-corrected chi connectivity index (χ2v) is 6.78. The van der Waals surface area contributed by atoms with Crippen molar-refractivity contribution in [2.24, 2.45) is 4.99 Å². The summed E-state index contributed by atoms with van der Waals surface area (Å²) in [7, 11) is 0. The summed E-state index contributed by atoms with van der Waals surface area (Å²) in [5.74, 6) is -4.30. The Morgan fingerprint density at radius 3 is 2.57 bits per heavy atom. The number of hydrogen-bond donors (Lipinski definition) is 1. The molecule has 1 fully saturated rings. The summed E-state index contributed by atoms with van der Waals surface area (Å²) in [6, 6.07) is -0.530. The van der Waals surface area contributed by atoms with Crippen LogP contribution in [0.2, 0.25) is 0 Å². The molecule has 2 aliphatic rings. The van der Waals surface area contributed by atoms with Gasteiger partial charge < -0.3 is 5.32 Å². The van der Waals surface area contributed by atoms with Crippen LogP contribution in [-0.4, -0.2) is 27.8 Å². The fraction of sp³-hybridized carbons (Fsp3) is 0.571. The lowest BCUT2D eigenvalue weighted by Gasteiger charge is -2.25. The zero-order valence-electron chi connectivity index (χ0n) is 12.0. The molecular weight excluding hydrogens is 301 g/mol. The Hall–Kier alpha value is -1.24. The zero-order valence-corrected chi connectivity index (χ0v) is 12.9. The molecule has 0 bridgehead atoms. The van der Waals surface area contributed by atoms with Gasteiger partial charge in [-0.25, -0.2) is 13.2 Å². The molecule has 7 heteroatoms. The number of nitrogens with one attached hydrogen (secondary N) is 1. The topological polar surface area (TPSA) is 41.5 Å². The highest BCUT2D eigenvalue weighted by Crippen LogP contribution is 2.44. The number of thioether (sulfide) groups is 1. The number of halogens is 3. The maximum absolute atomic E-state index is 13.7. The van der Waals surface area contributed by atoms with Gasteiger partial charge in [-0.1, -0.05) is 17.8 Å². The van der Waals surface area contributed by atoms with Crippen molar-refractivity contribution in [2.75, 3.05) is 0 Å². The van der Waals surface area contributed by atoms with Crippen LogP contribution in [0.4, 0.5) is 13.2 Å². The lowest BCUT2D eigenvalue weighted by molar-refractivity contribution is -0.129. The molecule has 0 aromatic heterocycles. The van der Waals surface area contributed by atoms with Crippen LogP contribution < -0.4 is 5.32 Å². The number of hydrogen-bond acceptors (Lipinski definition) is 3. The molecule has 0 aromatic carbocycles. The van der Waals surface area contributed by atoms with Crippen molar-refractivity contribution in [2.45, 2.75) is 50.3 Å². The number of amidine groups is 1. The molecule has 1 aliphatic carbocycles. The van der Waals surface area contributed by atoms with E-state index >= 15 is 0 Å². The lowest BCUT2D eigenvalue weighted by Crippen LogP contribution is -2.47. The first-order chi connectivity index (χ1) is 9.65. The second-order valence-electron chi connectivity index (χ2n) is 5.38. The SMILES string of the molecule is C[C@H](N=C1NC(=O)C(C)(C(C)(F)F)S1)C1=CCCC=C1F. The summed E-state index contributed by atoms with van der Waals surface area (Å²) in [4.78, 5) is 16.0. The minimum atomic E-state index is -3.18. The van der Waals surface area contributed by atoms with Crippen LogP contribution in [0.3, 0.4) is 0 Å². The number of alkyl halides is 2. The van der Waals surface area contributed by atoms with Crippen molar-refractivity contribution in [3.8, 4) is 0 Å². The van der Waals surface area contributed by atoms with Crippen molar-refractivity contribution >= 4 is 22.8 Å². The molecule has 1 heterocycles. The molecule has 1 aliphatic heterocycles. The van der Waals surface area contributed by atoms with Crippen molar-refractivity contribution in [3.05, 3.63) is 23.6 Å². The number of aliphatic imine (C=N–C) groups is 1. The van der Waals surface area contributed by atoms with E-state index in [9.17, 15) is 18.0 Å². The monoisotopic (exact) mass is 318 g/mol. The summed E-state index contributed by atoms with van der Waals surface area (Å²) < 4.78 is 39.0. The summed E-state index contributed by atoms with van der Waals surface area (Å²) in [5, 5.41) is 2.47. The fourth-order valence-electron chi connectivity index (χ4n) is 2.11. The molecule has 1 amide bonds. The third-order valence-corrected chi connectivity index (χ3v) is 5.04. The fourth-order valence-corrected chi connectivity index (χ4v) is 3.17. The van der Waals surface area contributed by atoms with Gasteiger partial charge in [0.25, 0.3) is 5.92 Å². The van der Waals surface area contributed by atoms with Crippen LogP contribution in [-0.2, 0) is 4.79 Å². The Morgan fingerprint density at radius 2 is 2.05 bits per heavy atom. The van der Waals surface area contributed by atoms with Gasteiger partial charge in [0.05, 0.1) is 6.04 Å². The van der Waals surface area contributed by atoms with Crippen LogP contribution in [0.1, 0.15) is 33.6 Å². The van der Waals surface area contributed by atoms with E-state index in [1.54, 1.807) is 13.0 Å². The minimum Gasteiger partial charge on any atom is -0.304 e. The van der Waals surface area contributed by atoms with E-state index in [-0.39, 0.29) is 11.0 Å². The Labute approximate surface area is 125 Å². The highest BCUT2D eigenvalue weighted by atomic mass is 32.2. The molecule has 0 saturated carbocycles. The van der Waals surface area contributed by atoms with Gasteiger partial charge >= 0.3 is 0 Å². The standard InChI is InChI=1S/C14H17F3N2OS/c1-8(9-6-4-5-7-10(9)15)18-12-19-11(20)13(2,21-12)14(3,16)17/h6-8H,4-5H2,1-3H3,(H,18,19,20)/t8-,13?/m0/s1. The Bertz CT molecular complexity index is 551.